The van der Waals surface area contributed by atoms with Crippen molar-refractivity contribution in [3.05, 3.63) is 12.0 Å². The fraction of sp³-hybridized carbons (Fsp3) is 0.556. The van der Waals surface area contributed by atoms with Gasteiger partial charge in [0.1, 0.15) is 0 Å². The molecule has 0 radical (unpaired) electrons. The average molecular weight is 235 g/mol. The van der Waals surface area contributed by atoms with E-state index in [1.54, 1.807) is 0 Å². The molecule has 0 aliphatic rings. The van der Waals surface area contributed by atoms with Gasteiger partial charge in [-0.15, -0.1) is 0 Å². The van der Waals surface area contributed by atoms with Crippen molar-refractivity contribution in [1.82, 2.24) is 9.97 Å². The number of nitrogens with zero attached hydrogens (tertiary/aromatic N) is 2. The van der Waals surface area contributed by atoms with Crippen LogP contribution < -0.4 is 10.1 Å². The maximum absolute atomic E-state index is 13.0. The number of rotatable bonds is 6. The molecule has 1 aromatic rings. The second-order valence-electron chi connectivity index (χ2n) is 2.98. The van der Waals surface area contributed by atoms with E-state index in [1.807, 2.05) is 6.92 Å². The zero-order valence-electron chi connectivity index (χ0n) is 8.71. The zero-order chi connectivity index (χ0) is 12.0. The third-order valence-electron chi connectivity index (χ3n) is 1.59. The summed E-state index contributed by atoms with van der Waals surface area (Å²) >= 11 is 0. The molecular weight excluding hydrogens is 223 g/mol. The Bertz CT molecular complexity index is 336. The van der Waals surface area contributed by atoms with Gasteiger partial charge in [-0.05, 0) is 6.42 Å². The first-order chi connectivity index (χ1) is 7.63. The number of ether oxygens (including phenoxy) is 1. The molecule has 0 aromatic carbocycles. The average Bonchev–Trinajstić information content (AvgIpc) is 2.26. The molecule has 1 heterocycles. The quantitative estimate of drug-likeness (QED) is 0.820. The number of hydrogen-bond donors (Lipinski definition) is 1. The molecule has 0 aliphatic carbocycles. The van der Waals surface area contributed by atoms with Crippen LogP contribution in [0.4, 0.5) is 19.1 Å². The largest absolute Gasteiger partial charge is 0.469 e. The molecule has 16 heavy (non-hydrogen) atoms. The summed E-state index contributed by atoms with van der Waals surface area (Å²) in [6.07, 6.45) is -0.943. The highest BCUT2D eigenvalue weighted by Gasteiger charge is 2.11. The van der Waals surface area contributed by atoms with Gasteiger partial charge in [0, 0.05) is 6.54 Å². The van der Waals surface area contributed by atoms with Crippen molar-refractivity contribution in [1.29, 1.82) is 0 Å². The van der Waals surface area contributed by atoms with Gasteiger partial charge in [0.15, 0.2) is 6.61 Å². The van der Waals surface area contributed by atoms with Crippen molar-refractivity contribution in [3.63, 3.8) is 0 Å². The first-order valence-electron chi connectivity index (χ1n) is 4.80. The van der Waals surface area contributed by atoms with Crippen LogP contribution in [0.5, 0.6) is 5.88 Å². The van der Waals surface area contributed by atoms with Crippen LogP contribution in [0.1, 0.15) is 13.3 Å². The van der Waals surface area contributed by atoms with Crippen molar-refractivity contribution in [3.8, 4) is 5.88 Å². The lowest BCUT2D eigenvalue weighted by Gasteiger charge is -2.07. The van der Waals surface area contributed by atoms with Crippen LogP contribution in [-0.4, -0.2) is 29.5 Å². The van der Waals surface area contributed by atoms with Gasteiger partial charge >= 0.3 is 0 Å². The standard InChI is InChI=1S/C9H12F3N3O/c1-2-3-13-9-14-4-6(10)8(15-9)16-5-7(11)12/h4,7H,2-3,5H2,1H3,(H,13,14,15). The van der Waals surface area contributed by atoms with Crippen LogP contribution in [0.2, 0.25) is 0 Å². The monoisotopic (exact) mass is 235 g/mol. The van der Waals surface area contributed by atoms with Gasteiger partial charge in [-0.1, -0.05) is 6.92 Å². The van der Waals surface area contributed by atoms with Crippen LogP contribution in [0.25, 0.3) is 0 Å². The van der Waals surface area contributed by atoms with Crippen molar-refractivity contribution in [2.24, 2.45) is 0 Å². The molecule has 0 fully saturated rings. The van der Waals surface area contributed by atoms with E-state index in [4.69, 9.17) is 0 Å². The molecule has 1 rings (SSSR count). The predicted octanol–water partition coefficient (Wildman–Crippen LogP) is 2.08. The highest BCUT2D eigenvalue weighted by molar-refractivity contribution is 5.28. The van der Waals surface area contributed by atoms with Gasteiger partial charge in [-0.25, -0.2) is 13.8 Å². The first kappa shape index (κ1) is 12.5. The lowest BCUT2D eigenvalue weighted by Crippen LogP contribution is -2.11. The van der Waals surface area contributed by atoms with Gasteiger partial charge in [0.2, 0.25) is 11.8 Å². The van der Waals surface area contributed by atoms with Gasteiger partial charge in [-0.2, -0.15) is 9.37 Å². The SMILES string of the molecule is CCCNc1ncc(F)c(OCC(F)F)n1. The third-order valence-corrected chi connectivity index (χ3v) is 1.59. The Labute approximate surface area is 90.9 Å². The molecule has 0 aliphatic heterocycles. The van der Waals surface area contributed by atoms with Crippen LogP contribution in [0, 0.1) is 5.82 Å². The zero-order valence-corrected chi connectivity index (χ0v) is 8.71. The third kappa shape index (κ3) is 3.92. The summed E-state index contributed by atoms with van der Waals surface area (Å²) in [5, 5.41) is 2.79. The molecule has 0 saturated heterocycles. The van der Waals surface area contributed by atoms with E-state index in [1.165, 1.54) is 0 Å². The minimum absolute atomic E-state index is 0.160. The van der Waals surface area contributed by atoms with E-state index >= 15 is 0 Å². The van der Waals surface area contributed by atoms with Crippen molar-refractivity contribution < 1.29 is 17.9 Å². The van der Waals surface area contributed by atoms with Gasteiger partial charge in [-0.3, -0.25) is 0 Å². The minimum atomic E-state index is -2.67. The van der Waals surface area contributed by atoms with Gasteiger partial charge in [0.05, 0.1) is 6.20 Å². The molecule has 0 atom stereocenters. The van der Waals surface area contributed by atoms with Crippen molar-refractivity contribution in [2.45, 2.75) is 19.8 Å². The summed E-state index contributed by atoms with van der Waals surface area (Å²) in [7, 11) is 0. The van der Waals surface area contributed by atoms with E-state index in [9.17, 15) is 13.2 Å². The smallest absolute Gasteiger partial charge is 0.272 e. The molecule has 0 bridgehead atoms. The fourth-order valence-electron chi connectivity index (χ4n) is 0.917. The number of alkyl halides is 2. The summed E-state index contributed by atoms with van der Waals surface area (Å²) < 4.78 is 41.2. The van der Waals surface area contributed by atoms with Crippen LogP contribution >= 0.6 is 0 Å². The molecule has 0 spiro atoms. The van der Waals surface area contributed by atoms with Gasteiger partial charge in [0.25, 0.3) is 12.3 Å². The van der Waals surface area contributed by atoms with E-state index in [-0.39, 0.29) is 5.95 Å². The summed E-state index contributed by atoms with van der Waals surface area (Å²) in [6.45, 7) is 1.66. The van der Waals surface area contributed by atoms with E-state index in [0.717, 1.165) is 12.6 Å². The topological polar surface area (TPSA) is 47.0 Å². The summed E-state index contributed by atoms with van der Waals surface area (Å²) in [4.78, 5) is 7.27. The van der Waals surface area contributed by atoms with E-state index in [2.05, 4.69) is 20.0 Å². The highest BCUT2D eigenvalue weighted by atomic mass is 19.3. The Morgan fingerprint density at radius 3 is 2.88 bits per heavy atom. The molecule has 1 aromatic heterocycles. The normalized spacial score (nSPS) is 10.6. The number of halogens is 3. The van der Waals surface area contributed by atoms with Crippen molar-refractivity contribution >= 4 is 5.95 Å². The van der Waals surface area contributed by atoms with E-state index in [0.29, 0.717) is 6.54 Å². The summed E-state index contributed by atoms with van der Waals surface area (Å²) in [5.74, 6) is -1.16. The molecule has 90 valence electrons. The van der Waals surface area contributed by atoms with E-state index < -0.39 is 24.7 Å². The van der Waals surface area contributed by atoms with Gasteiger partial charge < -0.3 is 10.1 Å². The number of hydrogen-bond acceptors (Lipinski definition) is 4. The van der Waals surface area contributed by atoms with Crippen molar-refractivity contribution in [2.75, 3.05) is 18.5 Å². The lowest BCUT2D eigenvalue weighted by atomic mass is 10.5. The molecular formula is C9H12F3N3O. The van der Waals surface area contributed by atoms with Crippen LogP contribution in [0.3, 0.4) is 0 Å². The predicted molar refractivity (Wildman–Crippen MR) is 52.3 cm³/mol. The maximum Gasteiger partial charge on any atom is 0.272 e. The molecule has 0 amide bonds. The maximum atomic E-state index is 13.0. The summed E-state index contributed by atoms with van der Waals surface area (Å²) in [6, 6.07) is 0. The Morgan fingerprint density at radius 1 is 1.50 bits per heavy atom. The fourth-order valence-corrected chi connectivity index (χ4v) is 0.917. The molecule has 1 N–H and O–H groups in total. The second kappa shape index (κ2) is 6.14. The lowest BCUT2D eigenvalue weighted by molar-refractivity contribution is 0.0773. The van der Waals surface area contributed by atoms with Crippen LogP contribution in [-0.2, 0) is 0 Å². The number of aromatic nitrogens is 2. The number of anilines is 1. The molecule has 4 nitrogen and oxygen atoms in total. The number of nitrogens with one attached hydrogen (secondary N) is 1. The Balaban J connectivity index is 2.66. The van der Waals surface area contributed by atoms with Crippen LogP contribution in [0.15, 0.2) is 6.20 Å². The summed E-state index contributed by atoms with van der Waals surface area (Å²) in [5.41, 5.74) is 0. The molecule has 0 saturated carbocycles. The Hall–Kier alpha value is -1.53. The molecule has 7 heteroatoms. The first-order valence-corrected chi connectivity index (χ1v) is 4.80. The highest BCUT2D eigenvalue weighted by Crippen LogP contribution is 2.15. The second-order valence-corrected chi connectivity index (χ2v) is 2.98. The minimum Gasteiger partial charge on any atom is -0.469 e. The Kier molecular flexibility index (Phi) is 4.81. The Morgan fingerprint density at radius 2 is 2.25 bits per heavy atom. The molecule has 0 unspecified atom stereocenters.